The Hall–Kier alpha value is -0.170. The van der Waals surface area contributed by atoms with E-state index in [0.717, 1.165) is 0 Å². The molecule has 0 aromatic heterocycles. The van der Waals surface area contributed by atoms with Gasteiger partial charge in [0.1, 0.15) is 0 Å². The highest BCUT2D eigenvalue weighted by Gasteiger charge is 2.21. The zero-order valence-electron chi connectivity index (χ0n) is 8.93. The molecule has 0 aliphatic heterocycles. The number of sulfonamides is 1. The summed E-state index contributed by atoms with van der Waals surface area (Å²) in [6.45, 7) is 4.11. The van der Waals surface area contributed by atoms with Crippen molar-refractivity contribution in [1.29, 1.82) is 0 Å². The van der Waals surface area contributed by atoms with Crippen molar-refractivity contribution in [3.05, 3.63) is 0 Å². The van der Waals surface area contributed by atoms with Gasteiger partial charge in [-0.2, -0.15) is 0 Å². The van der Waals surface area contributed by atoms with Crippen LogP contribution in [0, 0.1) is 0 Å². The van der Waals surface area contributed by atoms with Crippen molar-refractivity contribution < 1.29 is 18.3 Å². The van der Waals surface area contributed by atoms with Gasteiger partial charge in [0, 0.05) is 13.6 Å². The fourth-order valence-electron chi connectivity index (χ4n) is 0.847. The van der Waals surface area contributed by atoms with Crippen LogP contribution in [0.5, 0.6) is 0 Å². The van der Waals surface area contributed by atoms with Crippen molar-refractivity contribution >= 4 is 10.0 Å². The van der Waals surface area contributed by atoms with Crippen LogP contribution in [0.3, 0.4) is 0 Å². The summed E-state index contributed by atoms with van der Waals surface area (Å²) in [6.07, 6.45) is 0. The maximum Gasteiger partial charge on any atom is 0.216 e. The van der Waals surface area contributed by atoms with E-state index in [1.165, 1.54) is 11.4 Å². The van der Waals surface area contributed by atoms with Crippen LogP contribution in [0.4, 0.5) is 0 Å². The predicted molar refractivity (Wildman–Crippen MR) is 54.6 cm³/mol. The number of aliphatic hydroxyl groups is 1. The van der Waals surface area contributed by atoms with Gasteiger partial charge in [-0.15, -0.1) is 0 Å². The number of hydrogen-bond acceptors (Lipinski definition) is 4. The van der Waals surface area contributed by atoms with Crippen LogP contribution in [0.25, 0.3) is 0 Å². The summed E-state index contributed by atoms with van der Waals surface area (Å²) in [5.74, 6) is 0. The molecule has 0 unspecified atom stereocenters. The number of nitrogens with zero attached hydrogens (tertiary/aromatic N) is 1. The van der Waals surface area contributed by atoms with Gasteiger partial charge in [-0.05, 0) is 13.8 Å². The monoisotopic (exact) mass is 225 g/mol. The average molecular weight is 225 g/mol. The number of aliphatic hydroxyl groups excluding tert-OH is 1. The summed E-state index contributed by atoms with van der Waals surface area (Å²) in [5, 5.41) is 8.01. The molecule has 14 heavy (non-hydrogen) atoms. The van der Waals surface area contributed by atoms with Crippen LogP contribution < -0.4 is 0 Å². The third kappa shape index (κ3) is 4.36. The van der Waals surface area contributed by atoms with Gasteiger partial charge in [-0.3, -0.25) is 0 Å². The molecule has 0 aromatic carbocycles. The lowest BCUT2D eigenvalue weighted by Crippen LogP contribution is -2.35. The largest absolute Gasteiger partial charge is 0.394 e. The number of likely N-dealkylation sites (N-methyl/N-ethyl adjacent to an activating group) is 1. The standard InChI is InChI=1S/C8H19NO4S/c1-8(2)14(11,12)9(3)4-6-13-7-5-10/h8,10H,4-7H2,1-3H3. The molecule has 0 fully saturated rings. The van der Waals surface area contributed by atoms with E-state index in [9.17, 15) is 8.42 Å². The quantitative estimate of drug-likeness (QED) is 0.602. The Kier molecular flexibility index (Phi) is 6.26. The highest BCUT2D eigenvalue weighted by molar-refractivity contribution is 7.89. The van der Waals surface area contributed by atoms with E-state index in [2.05, 4.69) is 0 Å². The van der Waals surface area contributed by atoms with Gasteiger partial charge in [0.05, 0.1) is 25.1 Å². The molecule has 6 heteroatoms. The third-order valence-electron chi connectivity index (χ3n) is 1.82. The lowest BCUT2D eigenvalue weighted by molar-refractivity contribution is 0.0876. The summed E-state index contributed by atoms with van der Waals surface area (Å²) in [5.41, 5.74) is 0. The molecule has 0 radical (unpaired) electrons. The van der Waals surface area contributed by atoms with Gasteiger partial charge in [0.2, 0.25) is 10.0 Å². The summed E-state index contributed by atoms with van der Waals surface area (Å²) in [7, 11) is -1.65. The Balaban J connectivity index is 3.90. The van der Waals surface area contributed by atoms with E-state index >= 15 is 0 Å². The van der Waals surface area contributed by atoms with Crippen molar-refractivity contribution in [1.82, 2.24) is 4.31 Å². The Morgan fingerprint density at radius 2 is 1.93 bits per heavy atom. The second-order valence-electron chi connectivity index (χ2n) is 3.25. The molecule has 0 aromatic rings. The highest BCUT2D eigenvalue weighted by Crippen LogP contribution is 2.04. The van der Waals surface area contributed by atoms with Crippen molar-refractivity contribution in [2.24, 2.45) is 0 Å². The van der Waals surface area contributed by atoms with Crippen molar-refractivity contribution in [3.8, 4) is 0 Å². The molecule has 0 aliphatic carbocycles. The molecular weight excluding hydrogens is 206 g/mol. The number of hydrogen-bond donors (Lipinski definition) is 1. The molecule has 86 valence electrons. The maximum atomic E-state index is 11.5. The summed E-state index contributed by atoms with van der Waals surface area (Å²) < 4.78 is 29.3. The normalized spacial score (nSPS) is 12.7. The average Bonchev–Trinajstić information content (AvgIpc) is 2.11. The first kappa shape index (κ1) is 13.8. The smallest absolute Gasteiger partial charge is 0.216 e. The molecule has 0 atom stereocenters. The SMILES string of the molecule is CC(C)S(=O)(=O)N(C)CCOCCO. The Morgan fingerprint density at radius 3 is 2.36 bits per heavy atom. The van der Waals surface area contributed by atoms with Gasteiger partial charge < -0.3 is 9.84 Å². The van der Waals surface area contributed by atoms with Gasteiger partial charge in [0.25, 0.3) is 0 Å². The molecule has 1 N–H and O–H groups in total. The van der Waals surface area contributed by atoms with Crippen LogP contribution >= 0.6 is 0 Å². The maximum absolute atomic E-state index is 11.5. The Morgan fingerprint density at radius 1 is 1.36 bits per heavy atom. The van der Waals surface area contributed by atoms with Crippen molar-refractivity contribution in [3.63, 3.8) is 0 Å². The summed E-state index contributed by atoms with van der Waals surface area (Å²) in [6, 6.07) is 0. The molecule has 0 spiro atoms. The van der Waals surface area contributed by atoms with Crippen LogP contribution in [-0.4, -0.2) is 56.5 Å². The number of rotatable bonds is 7. The zero-order valence-corrected chi connectivity index (χ0v) is 9.75. The van der Waals surface area contributed by atoms with Crippen molar-refractivity contribution in [2.45, 2.75) is 19.1 Å². The van der Waals surface area contributed by atoms with Crippen molar-refractivity contribution in [2.75, 3.05) is 33.4 Å². The van der Waals surface area contributed by atoms with Crippen LogP contribution in [-0.2, 0) is 14.8 Å². The Labute approximate surface area is 85.7 Å². The number of ether oxygens (including phenoxy) is 1. The molecule has 0 aliphatic rings. The first-order valence-electron chi connectivity index (χ1n) is 4.56. The minimum absolute atomic E-state index is 0.0410. The second-order valence-corrected chi connectivity index (χ2v) is 5.85. The predicted octanol–water partition coefficient (Wildman–Crippen LogP) is -0.335. The molecule has 5 nitrogen and oxygen atoms in total. The topological polar surface area (TPSA) is 66.8 Å². The van der Waals surface area contributed by atoms with E-state index in [1.54, 1.807) is 13.8 Å². The lowest BCUT2D eigenvalue weighted by atomic mass is 10.6. The Bertz CT molecular complexity index is 238. The van der Waals surface area contributed by atoms with Gasteiger partial charge in [-0.25, -0.2) is 12.7 Å². The second kappa shape index (κ2) is 6.34. The first-order valence-corrected chi connectivity index (χ1v) is 6.07. The fourth-order valence-corrected chi connectivity index (χ4v) is 1.90. The molecule has 0 saturated carbocycles. The van der Waals surface area contributed by atoms with Gasteiger partial charge in [0.15, 0.2) is 0 Å². The van der Waals surface area contributed by atoms with E-state index < -0.39 is 15.3 Å². The first-order chi connectivity index (χ1) is 6.42. The molecule has 0 saturated heterocycles. The minimum atomic E-state index is -3.17. The zero-order chi connectivity index (χ0) is 11.2. The fraction of sp³-hybridized carbons (Fsp3) is 1.00. The van der Waals surface area contributed by atoms with Gasteiger partial charge in [-0.1, -0.05) is 0 Å². The van der Waals surface area contributed by atoms with E-state index in [0.29, 0.717) is 13.2 Å². The third-order valence-corrected chi connectivity index (χ3v) is 4.06. The van der Waals surface area contributed by atoms with E-state index in [4.69, 9.17) is 9.84 Å². The molecule has 0 rings (SSSR count). The van der Waals surface area contributed by atoms with Crippen LogP contribution in [0.15, 0.2) is 0 Å². The molecule has 0 heterocycles. The summed E-state index contributed by atoms with van der Waals surface area (Å²) in [4.78, 5) is 0. The van der Waals surface area contributed by atoms with Gasteiger partial charge >= 0.3 is 0 Å². The molecular formula is C8H19NO4S. The van der Waals surface area contributed by atoms with E-state index in [1.807, 2.05) is 0 Å². The van der Waals surface area contributed by atoms with Crippen LogP contribution in [0.2, 0.25) is 0 Å². The summed E-state index contributed by atoms with van der Waals surface area (Å²) >= 11 is 0. The molecule has 0 amide bonds. The lowest BCUT2D eigenvalue weighted by Gasteiger charge is -2.19. The minimum Gasteiger partial charge on any atom is -0.394 e. The van der Waals surface area contributed by atoms with Crippen LogP contribution in [0.1, 0.15) is 13.8 Å². The van der Waals surface area contributed by atoms with E-state index in [-0.39, 0.29) is 13.2 Å². The highest BCUT2D eigenvalue weighted by atomic mass is 32.2. The molecule has 0 bridgehead atoms.